The molecular formula is C29H30N2O4S. The molecule has 0 bridgehead atoms. The van der Waals surface area contributed by atoms with Crippen LogP contribution in [0.3, 0.4) is 0 Å². The summed E-state index contributed by atoms with van der Waals surface area (Å²) < 4.78 is 10.8. The zero-order valence-electron chi connectivity index (χ0n) is 21.2. The van der Waals surface area contributed by atoms with Gasteiger partial charge in [-0.05, 0) is 45.7 Å². The summed E-state index contributed by atoms with van der Waals surface area (Å²) in [6, 6.07) is 15.9. The van der Waals surface area contributed by atoms with Gasteiger partial charge in [0.25, 0.3) is 0 Å². The summed E-state index contributed by atoms with van der Waals surface area (Å²) in [5.41, 5.74) is 6.87. The van der Waals surface area contributed by atoms with E-state index in [9.17, 15) is 9.59 Å². The number of benzene rings is 2. The van der Waals surface area contributed by atoms with Crippen molar-refractivity contribution in [2.24, 2.45) is 0 Å². The van der Waals surface area contributed by atoms with E-state index in [0.29, 0.717) is 22.5 Å². The van der Waals surface area contributed by atoms with Gasteiger partial charge < -0.3 is 14.8 Å². The van der Waals surface area contributed by atoms with E-state index in [1.165, 1.54) is 11.3 Å². The predicted molar refractivity (Wildman–Crippen MR) is 142 cm³/mol. The monoisotopic (exact) mass is 502 g/mol. The van der Waals surface area contributed by atoms with Gasteiger partial charge in [-0.3, -0.25) is 0 Å². The molecule has 0 radical (unpaired) electrons. The van der Waals surface area contributed by atoms with Crippen LogP contribution in [0.25, 0.3) is 21.8 Å². The molecule has 1 aromatic heterocycles. The fourth-order valence-corrected chi connectivity index (χ4v) is 5.46. The van der Waals surface area contributed by atoms with E-state index in [4.69, 9.17) is 14.5 Å². The molecule has 1 aliphatic heterocycles. The van der Waals surface area contributed by atoms with Gasteiger partial charge in [0.15, 0.2) is 0 Å². The number of thiazole rings is 1. The Morgan fingerprint density at radius 1 is 0.861 bits per heavy atom. The molecule has 0 saturated carbocycles. The number of hydrogen-bond donors (Lipinski definition) is 1. The lowest BCUT2D eigenvalue weighted by molar-refractivity contribution is -0.139. The molecule has 0 fully saturated rings. The first kappa shape index (κ1) is 25.4. The van der Waals surface area contributed by atoms with Gasteiger partial charge in [-0.15, -0.1) is 11.3 Å². The highest BCUT2D eigenvalue weighted by molar-refractivity contribution is 7.13. The lowest BCUT2D eigenvalue weighted by Crippen LogP contribution is -2.32. The number of aryl methyl sites for hydroxylation is 1. The van der Waals surface area contributed by atoms with Crippen LogP contribution in [-0.2, 0) is 19.1 Å². The molecule has 4 rings (SSSR count). The SMILES string of the molecule is CCOC(=O)C1=C(C)NC(C)=C(C(=O)OCC)C1c1ccccc1-c1nc(-c2ccccc2C)cs1. The molecule has 6 nitrogen and oxygen atoms in total. The first-order valence-electron chi connectivity index (χ1n) is 12.0. The van der Waals surface area contributed by atoms with Gasteiger partial charge in [-0.2, -0.15) is 0 Å². The van der Waals surface area contributed by atoms with Crippen LogP contribution in [0, 0.1) is 6.92 Å². The van der Waals surface area contributed by atoms with Crippen molar-refractivity contribution in [3.05, 3.63) is 87.6 Å². The number of rotatable bonds is 7. The van der Waals surface area contributed by atoms with Gasteiger partial charge in [0, 0.05) is 27.9 Å². The average molecular weight is 503 g/mol. The summed E-state index contributed by atoms with van der Waals surface area (Å²) in [7, 11) is 0. The first-order chi connectivity index (χ1) is 17.4. The predicted octanol–water partition coefficient (Wildman–Crippen LogP) is 6.15. The van der Waals surface area contributed by atoms with Gasteiger partial charge in [-0.1, -0.05) is 48.5 Å². The number of carbonyl (C=O) groups is 2. The van der Waals surface area contributed by atoms with Crippen molar-refractivity contribution in [1.29, 1.82) is 0 Å². The molecule has 1 aliphatic rings. The molecule has 0 aliphatic carbocycles. The van der Waals surface area contributed by atoms with E-state index in [-0.39, 0.29) is 13.2 Å². The number of allylic oxidation sites excluding steroid dienone is 2. The van der Waals surface area contributed by atoms with Crippen molar-refractivity contribution < 1.29 is 19.1 Å². The van der Waals surface area contributed by atoms with Gasteiger partial charge in [0.05, 0.1) is 36.0 Å². The first-order valence-corrected chi connectivity index (χ1v) is 12.9. The average Bonchev–Trinajstić information content (AvgIpc) is 3.34. The zero-order chi connectivity index (χ0) is 25.8. The fourth-order valence-electron chi connectivity index (χ4n) is 4.59. The Morgan fingerprint density at radius 3 is 2.00 bits per heavy atom. The molecule has 3 aromatic rings. The Labute approximate surface area is 215 Å². The number of aromatic nitrogens is 1. The van der Waals surface area contributed by atoms with Crippen LogP contribution >= 0.6 is 11.3 Å². The second-order valence-corrected chi connectivity index (χ2v) is 9.37. The number of esters is 2. The lowest BCUT2D eigenvalue weighted by Gasteiger charge is -2.31. The Kier molecular flexibility index (Phi) is 7.70. The Balaban J connectivity index is 1.89. The highest BCUT2D eigenvalue weighted by Gasteiger charge is 2.39. The summed E-state index contributed by atoms with van der Waals surface area (Å²) in [6.45, 7) is 9.71. The fraction of sp³-hybridized carbons (Fsp3) is 0.276. The molecule has 2 heterocycles. The minimum absolute atomic E-state index is 0.230. The van der Waals surface area contributed by atoms with E-state index < -0.39 is 17.9 Å². The van der Waals surface area contributed by atoms with Crippen LogP contribution in [-0.4, -0.2) is 30.1 Å². The van der Waals surface area contributed by atoms with Crippen LogP contribution in [0.2, 0.25) is 0 Å². The highest BCUT2D eigenvalue weighted by atomic mass is 32.1. The third kappa shape index (κ3) is 4.84. The third-order valence-corrected chi connectivity index (χ3v) is 7.05. The summed E-state index contributed by atoms with van der Waals surface area (Å²) in [6.07, 6.45) is 0. The maximum atomic E-state index is 13.2. The van der Waals surface area contributed by atoms with Gasteiger partial charge in [0.1, 0.15) is 5.01 Å². The second-order valence-electron chi connectivity index (χ2n) is 8.52. The summed E-state index contributed by atoms with van der Waals surface area (Å²) >= 11 is 1.53. The molecule has 0 spiro atoms. The number of ether oxygens (including phenoxy) is 2. The Bertz CT molecular complexity index is 1330. The maximum Gasteiger partial charge on any atom is 0.336 e. The van der Waals surface area contributed by atoms with Crippen LogP contribution in [0.5, 0.6) is 0 Å². The van der Waals surface area contributed by atoms with Crippen molar-refractivity contribution in [2.45, 2.75) is 40.5 Å². The lowest BCUT2D eigenvalue weighted by atomic mass is 9.78. The number of carbonyl (C=O) groups excluding carboxylic acids is 2. The standard InChI is InChI=1S/C29H30N2O4S/c1-6-34-28(32)24-18(4)30-19(5)25(29(33)35-7-2)26(24)21-14-10-11-15-22(21)27-31-23(16-36-27)20-13-9-8-12-17(20)3/h8-16,26,30H,6-7H2,1-5H3. The summed E-state index contributed by atoms with van der Waals surface area (Å²) in [5, 5.41) is 6.04. The minimum atomic E-state index is -0.661. The van der Waals surface area contributed by atoms with Crippen molar-refractivity contribution in [3.63, 3.8) is 0 Å². The quantitative estimate of drug-likeness (QED) is 0.391. The van der Waals surface area contributed by atoms with Gasteiger partial charge in [-0.25, -0.2) is 14.6 Å². The van der Waals surface area contributed by atoms with Crippen LogP contribution < -0.4 is 5.32 Å². The Hall–Kier alpha value is -3.71. The summed E-state index contributed by atoms with van der Waals surface area (Å²) in [4.78, 5) is 31.3. The maximum absolute atomic E-state index is 13.2. The van der Waals surface area contributed by atoms with E-state index in [2.05, 4.69) is 24.4 Å². The summed E-state index contributed by atoms with van der Waals surface area (Å²) in [5.74, 6) is -1.58. The van der Waals surface area contributed by atoms with E-state index in [1.807, 2.05) is 55.6 Å². The van der Waals surface area contributed by atoms with Gasteiger partial charge in [0.2, 0.25) is 0 Å². The minimum Gasteiger partial charge on any atom is -0.463 e. The molecule has 1 N–H and O–H groups in total. The van der Waals surface area contributed by atoms with E-state index in [0.717, 1.165) is 33.0 Å². The van der Waals surface area contributed by atoms with Crippen LogP contribution in [0.4, 0.5) is 0 Å². The number of nitrogens with zero attached hydrogens (tertiary/aromatic N) is 1. The molecule has 0 saturated heterocycles. The molecule has 0 amide bonds. The molecule has 7 heteroatoms. The topological polar surface area (TPSA) is 77.5 Å². The number of nitrogens with one attached hydrogen (secondary N) is 1. The zero-order valence-corrected chi connectivity index (χ0v) is 22.0. The van der Waals surface area contributed by atoms with Gasteiger partial charge >= 0.3 is 11.9 Å². The molecule has 0 unspecified atom stereocenters. The molecule has 0 atom stereocenters. The molecule has 36 heavy (non-hydrogen) atoms. The highest BCUT2D eigenvalue weighted by Crippen LogP contribution is 2.44. The van der Waals surface area contributed by atoms with Crippen molar-refractivity contribution in [1.82, 2.24) is 10.3 Å². The van der Waals surface area contributed by atoms with E-state index >= 15 is 0 Å². The molecule has 186 valence electrons. The number of dihydropyridines is 1. The van der Waals surface area contributed by atoms with Crippen LogP contribution in [0.1, 0.15) is 44.7 Å². The third-order valence-electron chi connectivity index (χ3n) is 6.18. The smallest absolute Gasteiger partial charge is 0.336 e. The van der Waals surface area contributed by atoms with Crippen molar-refractivity contribution in [2.75, 3.05) is 13.2 Å². The van der Waals surface area contributed by atoms with Crippen molar-refractivity contribution >= 4 is 23.3 Å². The van der Waals surface area contributed by atoms with E-state index in [1.54, 1.807) is 13.8 Å². The Morgan fingerprint density at radius 2 is 1.42 bits per heavy atom. The normalized spacial score (nSPS) is 14.0. The second kappa shape index (κ2) is 10.9. The number of hydrogen-bond acceptors (Lipinski definition) is 7. The largest absolute Gasteiger partial charge is 0.463 e. The molecular weight excluding hydrogens is 472 g/mol. The van der Waals surface area contributed by atoms with Crippen molar-refractivity contribution in [3.8, 4) is 21.8 Å². The molecule has 2 aromatic carbocycles. The van der Waals surface area contributed by atoms with Crippen LogP contribution in [0.15, 0.2) is 76.5 Å².